The maximum Gasteiger partial charge on any atom is 0.0959 e. The zero-order valence-electron chi connectivity index (χ0n) is 12.5. The number of likely N-dealkylation sites (tertiary alicyclic amines) is 1. The Labute approximate surface area is 120 Å². The van der Waals surface area contributed by atoms with Crippen LogP contribution >= 0.6 is 0 Å². The highest BCUT2D eigenvalue weighted by Gasteiger charge is 2.47. The van der Waals surface area contributed by atoms with Gasteiger partial charge < -0.3 is 9.47 Å². The molecule has 1 unspecified atom stereocenters. The molecule has 2 fully saturated rings. The van der Waals surface area contributed by atoms with E-state index in [-0.39, 0.29) is 5.60 Å². The first-order valence-corrected chi connectivity index (χ1v) is 7.72. The number of ether oxygens (including phenoxy) is 2. The molecular weight excluding hydrogens is 254 g/mol. The van der Waals surface area contributed by atoms with Crippen LogP contribution in [0.4, 0.5) is 0 Å². The summed E-state index contributed by atoms with van der Waals surface area (Å²) >= 11 is 0. The largest absolute Gasteiger partial charge is 0.378 e. The quantitative estimate of drug-likeness (QED) is 0.822. The predicted molar refractivity (Wildman–Crippen MR) is 76.5 cm³/mol. The van der Waals surface area contributed by atoms with Crippen molar-refractivity contribution >= 4 is 0 Å². The molecule has 5 nitrogen and oxygen atoms in total. The van der Waals surface area contributed by atoms with Gasteiger partial charge in [0.1, 0.15) is 0 Å². The first-order chi connectivity index (χ1) is 9.73. The van der Waals surface area contributed by atoms with Crippen molar-refractivity contribution in [1.29, 1.82) is 0 Å². The Bertz CT molecular complexity index is 438. The topological polar surface area (TPSA) is 39.5 Å². The summed E-state index contributed by atoms with van der Waals surface area (Å²) in [6, 6.07) is 0. The Morgan fingerprint density at radius 3 is 3.00 bits per heavy atom. The Balaban J connectivity index is 1.50. The molecule has 5 heteroatoms. The van der Waals surface area contributed by atoms with E-state index in [2.05, 4.69) is 30.0 Å². The number of rotatable bonds is 5. The number of hydrogen-bond acceptors (Lipinski definition) is 4. The van der Waals surface area contributed by atoms with Gasteiger partial charge in [-0.25, -0.2) is 0 Å². The molecule has 2 aliphatic heterocycles. The molecule has 0 bridgehead atoms. The van der Waals surface area contributed by atoms with Gasteiger partial charge in [0.05, 0.1) is 17.9 Å². The molecule has 0 aliphatic carbocycles. The van der Waals surface area contributed by atoms with Crippen molar-refractivity contribution in [3.8, 4) is 0 Å². The van der Waals surface area contributed by atoms with Crippen molar-refractivity contribution < 1.29 is 9.47 Å². The number of nitrogens with zero attached hydrogens (tertiary/aromatic N) is 3. The van der Waals surface area contributed by atoms with Gasteiger partial charge in [-0.15, -0.1) is 0 Å². The molecule has 1 aromatic heterocycles. The van der Waals surface area contributed by atoms with Gasteiger partial charge in [-0.05, 0) is 20.3 Å². The lowest BCUT2D eigenvalue weighted by Crippen LogP contribution is -2.65. The molecule has 0 N–H and O–H groups in total. The molecule has 0 saturated carbocycles. The van der Waals surface area contributed by atoms with E-state index in [0.717, 1.165) is 52.2 Å². The van der Waals surface area contributed by atoms with Crippen LogP contribution in [0.3, 0.4) is 0 Å². The average molecular weight is 279 g/mol. The minimum atomic E-state index is 0.0544. The molecule has 1 spiro atoms. The van der Waals surface area contributed by atoms with E-state index in [4.69, 9.17) is 9.47 Å². The molecule has 2 saturated heterocycles. The SMILES string of the molecule is CCOC1CCOC2(C1)CN(Cc1cnn(CC)c1)C2. The van der Waals surface area contributed by atoms with Crippen molar-refractivity contribution in [3.63, 3.8) is 0 Å². The molecular formula is C15H25N3O2. The van der Waals surface area contributed by atoms with E-state index in [1.54, 1.807) is 0 Å². The highest BCUT2D eigenvalue weighted by molar-refractivity contribution is 5.08. The zero-order chi connectivity index (χ0) is 14.0. The summed E-state index contributed by atoms with van der Waals surface area (Å²) in [5, 5.41) is 4.33. The van der Waals surface area contributed by atoms with Crippen molar-refractivity contribution in [2.75, 3.05) is 26.3 Å². The summed E-state index contributed by atoms with van der Waals surface area (Å²) in [5.74, 6) is 0. The Morgan fingerprint density at radius 1 is 1.45 bits per heavy atom. The Morgan fingerprint density at radius 2 is 2.30 bits per heavy atom. The molecule has 20 heavy (non-hydrogen) atoms. The van der Waals surface area contributed by atoms with Crippen LogP contribution in [0.15, 0.2) is 12.4 Å². The monoisotopic (exact) mass is 279 g/mol. The molecule has 0 radical (unpaired) electrons. The minimum Gasteiger partial charge on any atom is -0.378 e. The summed E-state index contributed by atoms with van der Waals surface area (Å²) in [4.78, 5) is 2.44. The smallest absolute Gasteiger partial charge is 0.0959 e. The van der Waals surface area contributed by atoms with Crippen LogP contribution < -0.4 is 0 Å². The molecule has 2 aliphatic rings. The highest BCUT2D eigenvalue weighted by Crippen LogP contribution is 2.35. The molecule has 3 heterocycles. The van der Waals surface area contributed by atoms with Gasteiger partial charge in [-0.2, -0.15) is 5.10 Å². The normalized spacial score (nSPS) is 25.8. The Kier molecular flexibility index (Phi) is 4.10. The lowest BCUT2D eigenvalue weighted by molar-refractivity contribution is -0.198. The van der Waals surface area contributed by atoms with E-state index in [0.29, 0.717) is 6.10 Å². The van der Waals surface area contributed by atoms with E-state index in [1.807, 2.05) is 10.9 Å². The maximum absolute atomic E-state index is 6.03. The van der Waals surface area contributed by atoms with Crippen molar-refractivity contribution in [2.24, 2.45) is 0 Å². The highest BCUT2D eigenvalue weighted by atomic mass is 16.5. The van der Waals surface area contributed by atoms with Crippen LogP contribution in [0, 0.1) is 0 Å². The van der Waals surface area contributed by atoms with Gasteiger partial charge in [0, 0.05) is 57.6 Å². The third kappa shape index (κ3) is 2.90. The van der Waals surface area contributed by atoms with E-state index >= 15 is 0 Å². The number of hydrogen-bond donors (Lipinski definition) is 0. The number of aromatic nitrogens is 2. The fraction of sp³-hybridized carbons (Fsp3) is 0.800. The lowest BCUT2D eigenvalue weighted by atomic mass is 9.84. The summed E-state index contributed by atoms with van der Waals surface area (Å²) in [7, 11) is 0. The summed E-state index contributed by atoms with van der Waals surface area (Å²) < 4.78 is 13.8. The van der Waals surface area contributed by atoms with Crippen LogP contribution in [-0.4, -0.2) is 52.7 Å². The first-order valence-electron chi connectivity index (χ1n) is 7.72. The lowest BCUT2D eigenvalue weighted by Gasteiger charge is -2.53. The van der Waals surface area contributed by atoms with Gasteiger partial charge in [-0.3, -0.25) is 9.58 Å². The second-order valence-corrected chi connectivity index (χ2v) is 5.95. The van der Waals surface area contributed by atoms with Crippen LogP contribution in [0.2, 0.25) is 0 Å². The van der Waals surface area contributed by atoms with Crippen LogP contribution in [0.1, 0.15) is 32.3 Å². The Hall–Kier alpha value is -0.910. The third-order valence-corrected chi connectivity index (χ3v) is 4.29. The molecule has 1 aromatic rings. The molecule has 112 valence electrons. The fourth-order valence-electron chi connectivity index (χ4n) is 3.38. The van der Waals surface area contributed by atoms with E-state index in [1.165, 1.54) is 5.56 Å². The van der Waals surface area contributed by atoms with Gasteiger partial charge in [0.15, 0.2) is 0 Å². The van der Waals surface area contributed by atoms with Crippen molar-refractivity contribution in [2.45, 2.75) is 51.5 Å². The van der Waals surface area contributed by atoms with Crippen LogP contribution in [-0.2, 0) is 22.6 Å². The maximum atomic E-state index is 6.03. The third-order valence-electron chi connectivity index (χ3n) is 4.29. The van der Waals surface area contributed by atoms with E-state index < -0.39 is 0 Å². The average Bonchev–Trinajstić information content (AvgIpc) is 2.86. The second-order valence-electron chi connectivity index (χ2n) is 5.95. The molecule has 0 aromatic carbocycles. The fourth-order valence-corrected chi connectivity index (χ4v) is 3.38. The summed E-state index contributed by atoms with van der Waals surface area (Å²) in [6.45, 7) is 9.78. The van der Waals surface area contributed by atoms with Crippen molar-refractivity contribution in [3.05, 3.63) is 18.0 Å². The predicted octanol–water partition coefficient (Wildman–Crippen LogP) is 1.67. The summed E-state index contributed by atoms with van der Waals surface area (Å²) in [6.07, 6.45) is 6.58. The van der Waals surface area contributed by atoms with Gasteiger partial charge in [0.25, 0.3) is 0 Å². The first kappa shape index (κ1) is 14.0. The van der Waals surface area contributed by atoms with Crippen molar-refractivity contribution in [1.82, 2.24) is 14.7 Å². The van der Waals surface area contributed by atoms with Gasteiger partial charge >= 0.3 is 0 Å². The van der Waals surface area contributed by atoms with Gasteiger partial charge in [0.2, 0.25) is 0 Å². The summed E-state index contributed by atoms with van der Waals surface area (Å²) in [5.41, 5.74) is 1.35. The van der Waals surface area contributed by atoms with Crippen LogP contribution in [0.25, 0.3) is 0 Å². The molecule has 3 rings (SSSR count). The van der Waals surface area contributed by atoms with E-state index in [9.17, 15) is 0 Å². The van der Waals surface area contributed by atoms with Crippen LogP contribution in [0.5, 0.6) is 0 Å². The zero-order valence-corrected chi connectivity index (χ0v) is 12.5. The number of aryl methyl sites for hydroxylation is 1. The minimum absolute atomic E-state index is 0.0544. The standard InChI is InChI=1S/C15H25N3O2/c1-3-18-10-13(8-16-18)9-17-11-15(12-17)7-14(19-4-2)5-6-20-15/h8,10,14H,3-7,9,11-12H2,1-2H3. The molecule has 0 amide bonds. The molecule has 1 atom stereocenters. The second kappa shape index (κ2) is 5.84. The van der Waals surface area contributed by atoms with Gasteiger partial charge in [-0.1, -0.05) is 0 Å².